The van der Waals surface area contributed by atoms with Crippen molar-refractivity contribution in [1.82, 2.24) is 9.97 Å². The minimum Gasteiger partial charge on any atom is -0.504 e. The normalized spacial score (nSPS) is 15.4. The van der Waals surface area contributed by atoms with Crippen LogP contribution >= 0.6 is 0 Å². The van der Waals surface area contributed by atoms with Gasteiger partial charge in [0.15, 0.2) is 21.3 Å². The van der Waals surface area contributed by atoms with Gasteiger partial charge in [-0.2, -0.15) is 13.2 Å². The molecule has 0 aliphatic carbocycles. The smallest absolute Gasteiger partial charge is 0.437 e. The van der Waals surface area contributed by atoms with E-state index in [-0.39, 0.29) is 25.6 Å². The molecule has 0 radical (unpaired) electrons. The standard InChI is InChI=1S/C19H20F4N4O3S/c1-11(2)14-10-26(12-4-5-13(20)16(8-12)31(3,29)30)6-7-27(14)18-24-9-15(28)17(25-18)19(21,22)23/h4-5,8-9,28H,6-7,10H2,1-3H3. The first-order valence-corrected chi connectivity index (χ1v) is 11.0. The number of nitrogens with zero attached hydrogens (tertiary/aromatic N) is 4. The molecule has 2 heterocycles. The quantitative estimate of drug-likeness (QED) is 0.703. The van der Waals surface area contributed by atoms with Crippen LogP contribution in [0.25, 0.3) is 0 Å². The molecule has 7 nitrogen and oxygen atoms in total. The number of halogens is 4. The number of aromatic hydroxyl groups is 1. The number of piperazine rings is 1. The molecule has 168 valence electrons. The fourth-order valence-electron chi connectivity index (χ4n) is 3.25. The van der Waals surface area contributed by atoms with E-state index in [1.54, 1.807) is 18.7 Å². The van der Waals surface area contributed by atoms with Gasteiger partial charge in [0, 0.05) is 30.7 Å². The summed E-state index contributed by atoms with van der Waals surface area (Å²) >= 11 is 0. The Morgan fingerprint density at radius 1 is 1.19 bits per heavy atom. The van der Waals surface area contributed by atoms with Crippen molar-refractivity contribution in [3.05, 3.63) is 47.2 Å². The molecule has 1 saturated heterocycles. The minimum atomic E-state index is -4.84. The molecule has 3 rings (SSSR count). The number of hydrogen-bond acceptors (Lipinski definition) is 7. The fraction of sp³-hybridized carbons (Fsp3) is 0.368. The lowest BCUT2D eigenvalue weighted by atomic mass is 10.1. The van der Waals surface area contributed by atoms with E-state index in [2.05, 4.69) is 9.97 Å². The SMILES string of the molecule is CC(C)=C1CN(c2ccc(F)c(S(C)(=O)=O)c2)CCN1c1ncc(O)c(C(F)(F)F)n1. The van der Waals surface area contributed by atoms with E-state index in [4.69, 9.17) is 0 Å². The van der Waals surface area contributed by atoms with Gasteiger partial charge in [0.1, 0.15) is 10.7 Å². The average Bonchev–Trinajstić information content (AvgIpc) is 2.66. The highest BCUT2D eigenvalue weighted by molar-refractivity contribution is 7.90. The Morgan fingerprint density at radius 3 is 2.45 bits per heavy atom. The van der Waals surface area contributed by atoms with Crippen LogP contribution in [-0.4, -0.2) is 49.4 Å². The van der Waals surface area contributed by atoms with Crippen molar-refractivity contribution in [1.29, 1.82) is 0 Å². The third-order valence-corrected chi connectivity index (χ3v) is 5.89. The molecular weight excluding hydrogens is 440 g/mol. The van der Waals surface area contributed by atoms with Crippen molar-refractivity contribution < 1.29 is 31.1 Å². The molecule has 12 heteroatoms. The molecule has 1 N–H and O–H groups in total. The molecular formula is C19H20F4N4O3S. The van der Waals surface area contributed by atoms with Crippen molar-refractivity contribution in [3.63, 3.8) is 0 Å². The van der Waals surface area contributed by atoms with Crippen molar-refractivity contribution >= 4 is 21.5 Å². The number of benzene rings is 1. The number of anilines is 2. The van der Waals surface area contributed by atoms with Crippen LogP contribution < -0.4 is 9.80 Å². The number of rotatable bonds is 3. The first-order valence-electron chi connectivity index (χ1n) is 9.10. The van der Waals surface area contributed by atoms with Crippen LogP contribution in [0.3, 0.4) is 0 Å². The molecule has 1 aromatic heterocycles. The summed E-state index contributed by atoms with van der Waals surface area (Å²) in [6.07, 6.45) is -3.22. The molecule has 31 heavy (non-hydrogen) atoms. The summed E-state index contributed by atoms with van der Waals surface area (Å²) in [4.78, 5) is 10.2. The van der Waals surface area contributed by atoms with E-state index in [1.165, 1.54) is 17.0 Å². The van der Waals surface area contributed by atoms with E-state index in [9.17, 15) is 31.1 Å². The average molecular weight is 460 g/mol. The van der Waals surface area contributed by atoms with E-state index >= 15 is 0 Å². The van der Waals surface area contributed by atoms with Gasteiger partial charge in [-0.25, -0.2) is 22.8 Å². The number of alkyl halides is 3. The van der Waals surface area contributed by atoms with E-state index in [0.29, 0.717) is 17.6 Å². The summed E-state index contributed by atoms with van der Waals surface area (Å²) in [6, 6.07) is 3.75. The molecule has 1 fully saturated rings. The molecule has 1 aliphatic rings. The molecule has 1 aromatic carbocycles. The topological polar surface area (TPSA) is 86.6 Å². The van der Waals surface area contributed by atoms with Gasteiger partial charge in [-0.3, -0.25) is 0 Å². The van der Waals surface area contributed by atoms with Crippen LogP contribution in [0.2, 0.25) is 0 Å². The zero-order valence-electron chi connectivity index (χ0n) is 16.9. The number of hydrogen-bond donors (Lipinski definition) is 1. The first kappa shape index (κ1) is 22.8. The second-order valence-electron chi connectivity index (χ2n) is 7.31. The summed E-state index contributed by atoms with van der Waals surface area (Å²) in [5, 5.41) is 9.49. The lowest BCUT2D eigenvalue weighted by Crippen LogP contribution is -2.46. The summed E-state index contributed by atoms with van der Waals surface area (Å²) in [5.74, 6) is -2.13. The Bertz CT molecular complexity index is 1150. The van der Waals surface area contributed by atoms with Crippen LogP contribution in [0.15, 0.2) is 40.6 Å². The Balaban J connectivity index is 1.96. The van der Waals surface area contributed by atoms with Crippen LogP contribution in [0, 0.1) is 5.82 Å². The van der Waals surface area contributed by atoms with Gasteiger partial charge in [0.2, 0.25) is 5.95 Å². The van der Waals surface area contributed by atoms with Crippen LogP contribution in [0.5, 0.6) is 5.75 Å². The lowest BCUT2D eigenvalue weighted by Gasteiger charge is -2.39. The van der Waals surface area contributed by atoms with E-state index < -0.39 is 38.2 Å². The highest BCUT2D eigenvalue weighted by Gasteiger charge is 2.37. The summed E-state index contributed by atoms with van der Waals surface area (Å²) in [5.41, 5.74) is 0.419. The molecule has 0 bridgehead atoms. The minimum absolute atomic E-state index is 0.189. The Morgan fingerprint density at radius 2 is 1.87 bits per heavy atom. The lowest BCUT2D eigenvalue weighted by molar-refractivity contribution is -0.142. The Kier molecular flexibility index (Phi) is 5.87. The van der Waals surface area contributed by atoms with Crippen LogP contribution in [0.1, 0.15) is 19.5 Å². The maximum atomic E-state index is 13.9. The molecule has 0 unspecified atom stereocenters. The monoisotopic (exact) mass is 460 g/mol. The summed E-state index contributed by atoms with van der Waals surface area (Å²) in [7, 11) is -3.78. The van der Waals surface area contributed by atoms with Crippen LogP contribution in [-0.2, 0) is 16.0 Å². The first-order chi connectivity index (χ1) is 14.3. The Hall–Kier alpha value is -2.89. The number of aromatic nitrogens is 2. The van der Waals surface area contributed by atoms with Crippen LogP contribution in [0.4, 0.5) is 29.2 Å². The maximum absolute atomic E-state index is 13.9. The van der Waals surface area contributed by atoms with Gasteiger partial charge in [-0.05, 0) is 32.0 Å². The van der Waals surface area contributed by atoms with Gasteiger partial charge >= 0.3 is 6.18 Å². The highest BCUT2D eigenvalue weighted by Crippen LogP contribution is 2.35. The third kappa shape index (κ3) is 4.73. The number of allylic oxidation sites excluding steroid dienone is 1. The van der Waals surface area contributed by atoms with Gasteiger partial charge in [-0.15, -0.1) is 0 Å². The Labute approximate surface area is 176 Å². The molecule has 0 atom stereocenters. The second-order valence-corrected chi connectivity index (χ2v) is 9.29. The highest BCUT2D eigenvalue weighted by atomic mass is 32.2. The summed E-state index contributed by atoms with van der Waals surface area (Å²) in [6.45, 7) is 4.22. The van der Waals surface area contributed by atoms with E-state index in [0.717, 1.165) is 17.9 Å². The van der Waals surface area contributed by atoms with Gasteiger partial charge in [-0.1, -0.05) is 5.57 Å². The van der Waals surface area contributed by atoms with Crippen molar-refractivity contribution in [3.8, 4) is 5.75 Å². The zero-order valence-corrected chi connectivity index (χ0v) is 17.7. The molecule has 0 spiro atoms. The predicted octanol–water partition coefficient (Wildman–Crippen LogP) is 3.36. The zero-order chi connectivity index (χ0) is 23.1. The molecule has 1 aliphatic heterocycles. The fourth-order valence-corrected chi connectivity index (χ4v) is 4.00. The third-order valence-electron chi connectivity index (χ3n) is 4.78. The van der Waals surface area contributed by atoms with Gasteiger partial charge < -0.3 is 14.9 Å². The van der Waals surface area contributed by atoms with Gasteiger partial charge in [0.25, 0.3) is 0 Å². The predicted molar refractivity (Wildman–Crippen MR) is 106 cm³/mol. The molecule has 0 saturated carbocycles. The van der Waals surface area contributed by atoms with Gasteiger partial charge in [0.05, 0.1) is 12.7 Å². The maximum Gasteiger partial charge on any atom is 0.437 e. The van der Waals surface area contributed by atoms with Crippen molar-refractivity contribution in [2.45, 2.75) is 24.9 Å². The second kappa shape index (κ2) is 7.98. The van der Waals surface area contributed by atoms with Crippen molar-refractivity contribution in [2.24, 2.45) is 0 Å². The van der Waals surface area contributed by atoms with E-state index in [1.807, 2.05) is 0 Å². The molecule has 0 amide bonds. The molecule has 2 aromatic rings. The van der Waals surface area contributed by atoms with Crippen molar-refractivity contribution in [2.75, 3.05) is 35.7 Å². The summed E-state index contributed by atoms with van der Waals surface area (Å²) < 4.78 is 77.0. The largest absolute Gasteiger partial charge is 0.504 e. The number of sulfone groups is 1.